The lowest BCUT2D eigenvalue weighted by atomic mass is 10.2. The van der Waals surface area contributed by atoms with E-state index in [4.69, 9.17) is 28.9 Å². The van der Waals surface area contributed by atoms with E-state index in [9.17, 15) is 4.79 Å². The Bertz CT molecular complexity index is 418. The van der Waals surface area contributed by atoms with Gasteiger partial charge in [0.2, 0.25) is 5.91 Å². The van der Waals surface area contributed by atoms with Gasteiger partial charge in [-0.25, -0.2) is 0 Å². The molecule has 1 atom stereocenters. The van der Waals surface area contributed by atoms with E-state index in [1.807, 2.05) is 6.26 Å². The van der Waals surface area contributed by atoms with Crippen LogP contribution in [0.25, 0.3) is 0 Å². The topological polar surface area (TPSA) is 55.1 Å². The Morgan fingerprint density at radius 2 is 2.16 bits per heavy atom. The second kappa shape index (κ2) is 9.72. The standard InChI is InChI=1S/C12H16Cl2N2OS.ClH/c1-18-5-4-11(15)12(17)16-7-8-2-3-9(13)6-10(8)14;/h2-3,6,11H,4-5,7,15H2,1H3,(H,16,17);1H/t11-;/m0./s1. The van der Waals surface area contributed by atoms with E-state index in [1.54, 1.807) is 30.0 Å². The smallest absolute Gasteiger partial charge is 0.237 e. The van der Waals surface area contributed by atoms with Crippen molar-refractivity contribution in [3.63, 3.8) is 0 Å². The summed E-state index contributed by atoms with van der Waals surface area (Å²) < 4.78 is 0. The Morgan fingerprint density at radius 3 is 2.74 bits per heavy atom. The Kier molecular flexibility index (Phi) is 9.66. The van der Waals surface area contributed by atoms with Crippen LogP contribution in [0.2, 0.25) is 10.0 Å². The molecule has 0 unspecified atom stereocenters. The molecule has 0 aliphatic carbocycles. The van der Waals surface area contributed by atoms with Gasteiger partial charge in [-0.3, -0.25) is 4.79 Å². The van der Waals surface area contributed by atoms with Gasteiger partial charge >= 0.3 is 0 Å². The van der Waals surface area contributed by atoms with E-state index in [-0.39, 0.29) is 18.3 Å². The van der Waals surface area contributed by atoms with E-state index in [2.05, 4.69) is 5.32 Å². The van der Waals surface area contributed by atoms with Crippen LogP contribution in [0.3, 0.4) is 0 Å². The first-order chi connectivity index (χ1) is 8.54. The van der Waals surface area contributed by atoms with E-state index in [1.165, 1.54) is 0 Å². The van der Waals surface area contributed by atoms with Gasteiger partial charge in [-0.2, -0.15) is 11.8 Å². The van der Waals surface area contributed by atoms with Crippen LogP contribution < -0.4 is 11.1 Å². The van der Waals surface area contributed by atoms with Crippen LogP contribution in [0.1, 0.15) is 12.0 Å². The number of carbonyl (C=O) groups excluding carboxylic acids is 1. The van der Waals surface area contributed by atoms with Crippen LogP contribution >= 0.6 is 47.4 Å². The summed E-state index contributed by atoms with van der Waals surface area (Å²) in [4.78, 5) is 11.7. The number of benzene rings is 1. The van der Waals surface area contributed by atoms with E-state index >= 15 is 0 Å². The summed E-state index contributed by atoms with van der Waals surface area (Å²) >= 11 is 13.5. The Hall–Kier alpha value is -0.130. The first kappa shape index (κ1) is 18.9. The average Bonchev–Trinajstić information content (AvgIpc) is 2.34. The molecule has 1 amide bonds. The average molecular weight is 344 g/mol. The summed E-state index contributed by atoms with van der Waals surface area (Å²) in [6, 6.07) is 4.71. The molecule has 0 saturated heterocycles. The molecule has 0 aromatic heterocycles. The highest BCUT2D eigenvalue weighted by Crippen LogP contribution is 2.20. The molecule has 0 fully saturated rings. The molecule has 0 spiro atoms. The zero-order chi connectivity index (χ0) is 13.5. The minimum absolute atomic E-state index is 0. The third kappa shape index (κ3) is 6.72. The highest BCUT2D eigenvalue weighted by atomic mass is 35.5. The fraction of sp³-hybridized carbons (Fsp3) is 0.417. The molecular weight excluding hydrogens is 327 g/mol. The van der Waals surface area contributed by atoms with Crippen molar-refractivity contribution in [1.82, 2.24) is 5.32 Å². The molecule has 3 nitrogen and oxygen atoms in total. The lowest BCUT2D eigenvalue weighted by Crippen LogP contribution is -2.40. The molecule has 0 aliphatic rings. The predicted molar refractivity (Wildman–Crippen MR) is 86.5 cm³/mol. The molecule has 7 heteroatoms. The number of hydrogen-bond acceptors (Lipinski definition) is 3. The van der Waals surface area contributed by atoms with Crippen molar-refractivity contribution in [1.29, 1.82) is 0 Å². The highest BCUT2D eigenvalue weighted by Gasteiger charge is 2.12. The third-order valence-electron chi connectivity index (χ3n) is 2.44. The zero-order valence-corrected chi connectivity index (χ0v) is 13.6. The maximum atomic E-state index is 11.7. The number of carbonyl (C=O) groups is 1. The van der Waals surface area contributed by atoms with Crippen LogP contribution in [0, 0.1) is 0 Å². The number of thioether (sulfide) groups is 1. The number of amides is 1. The zero-order valence-electron chi connectivity index (χ0n) is 10.5. The van der Waals surface area contributed by atoms with Crippen LogP contribution in [-0.2, 0) is 11.3 Å². The summed E-state index contributed by atoms with van der Waals surface area (Å²) in [7, 11) is 0. The van der Waals surface area contributed by atoms with Crippen LogP contribution in [0.5, 0.6) is 0 Å². The molecule has 1 aromatic carbocycles. The van der Waals surface area contributed by atoms with E-state index in [0.29, 0.717) is 23.0 Å². The lowest BCUT2D eigenvalue weighted by Gasteiger charge is -2.12. The first-order valence-corrected chi connectivity index (χ1v) is 7.65. The van der Waals surface area contributed by atoms with Crippen LogP contribution in [0.15, 0.2) is 18.2 Å². The van der Waals surface area contributed by atoms with Gasteiger partial charge in [0.05, 0.1) is 6.04 Å². The molecule has 1 rings (SSSR count). The first-order valence-electron chi connectivity index (χ1n) is 5.50. The minimum Gasteiger partial charge on any atom is -0.351 e. The number of nitrogens with two attached hydrogens (primary N) is 1. The monoisotopic (exact) mass is 342 g/mol. The van der Waals surface area contributed by atoms with Gasteiger partial charge in [-0.15, -0.1) is 12.4 Å². The van der Waals surface area contributed by atoms with Crippen molar-refractivity contribution in [2.24, 2.45) is 5.73 Å². The van der Waals surface area contributed by atoms with Crippen molar-refractivity contribution in [3.8, 4) is 0 Å². The lowest BCUT2D eigenvalue weighted by molar-refractivity contribution is -0.122. The maximum absolute atomic E-state index is 11.7. The molecule has 0 bridgehead atoms. The van der Waals surface area contributed by atoms with Crippen LogP contribution in [-0.4, -0.2) is 24.0 Å². The van der Waals surface area contributed by atoms with Crippen molar-refractivity contribution in [2.75, 3.05) is 12.0 Å². The minimum atomic E-state index is -0.469. The van der Waals surface area contributed by atoms with Gasteiger partial charge in [0.15, 0.2) is 0 Å². The van der Waals surface area contributed by atoms with Crippen molar-refractivity contribution in [3.05, 3.63) is 33.8 Å². The normalized spacial score (nSPS) is 11.6. The van der Waals surface area contributed by atoms with Gasteiger partial charge in [0, 0.05) is 16.6 Å². The molecule has 108 valence electrons. The summed E-state index contributed by atoms with van der Waals surface area (Å²) in [5.41, 5.74) is 6.58. The molecule has 0 saturated carbocycles. The van der Waals surface area contributed by atoms with Crippen LogP contribution in [0.4, 0.5) is 0 Å². The Balaban J connectivity index is 0.00000324. The van der Waals surface area contributed by atoms with Gasteiger partial charge in [0.1, 0.15) is 0 Å². The quantitative estimate of drug-likeness (QED) is 0.834. The molecule has 1 aromatic rings. The molecule has 19 heavy (non-hydrogen) atoms. The number of halogens is 3. The fourth-order valence-electron chi connectivity index (χ4n) is 1.35. The van der Waals surface area contributed by atoms with Crippen molar-refractivity contribution < 1.29 is 4.79 Å². The Labute approximate surface area is 134 Å². The predicted octanol–water partition coefficient (Wildman–Crippen LogP) is 3.11. The fourth-order valence-corrected chi connectivity index (χ4v) is 2.32. The molecular formula is C12H17Cl3N2OS. The number of nitrogens with one attached hydrogen (secondary N) is 1. The van der Waals surface area contributed by atoms with Gasteiger partial charge in [-0.1, -0.05) is 29.3 Å². The summed E-state index contributed by atoms with van der Waals surface area (Å²) in [6.07, 6.45) is 2.65. The number of rotatable bonds is 6. The summed E-state index contributed by atoms with van der Waals surface area (Å²) in [5.74, 6) is 0.714. The molecule has 0 aliphatic heterocycles. The SMILES string of the molecule is CSCC[C@H](N)C(=O)NCc1ccc(Cl)cc1Cl.Cl. The summed E-state index contributed by atoms with van der Waals surface area (Å²) in [5, 5.41) is 3.88. The number of hydrogen-bond donors (Lipinski definition) is 2. The molecule has 3 N–H and O–H groups in total. The largest absolute Gasteiger partial charge is 0.351 e. The molecule has 0 heterocycles. The van der Waals surface area contributed by atoms with Crippen molar-refractivity contribution >= 4 is 53.3 Å². The van der Waals surface area contributed by atoms with E-state index < -0.39 is 6.04 Å². The van der Waals surface area contributed by atoms with Gasteiger partial charge < -0.3 is 11.1 Å². The second-order valence-corrected chi connectivity index (χ2v) is 5.67. The Morgan fingerprint density at radius 1 is 1.47 bits per heavy atom. The van der Waals surface area contributed by atoms with Gasteiger partial charge in [-0.05, 0) is 36.1 Å². The third-order valence-corrected chi connectivity index (χ3v) is 3.67. The summed E-state index contributed by atoms with van der Waals surface area (Å²) in [6.45, 7) is 0.363. The van der Waals surface area contributed by atoms with Gasteiger partial charge in [0.25, 0.3) is 0 Å². The van der Waals surface area contributed by atoms with Crippen molar-refractivity contribution in [2.45, 2.75) is 19.0 Å². The second-order valence-electron chi connectivity index (χ2n) is 3.84. The van der Waals surface area contributed by atoms with E-state index in [0.717, 1.165) is 11.3 Å². The maximum Gasteiger partial charge on any atom is 0.237 e. The highest BCUT2D eigenvalue weighted by molar-refractivity contribution is 7.98. The molecule has 0 radical (unpaired) electrons.